The van der Waals surface area contributed by atoms with Crippen LogP contribution in [0.25, 0.3) is 21.3 Å². The second-order valence-corrected chi connectivity index (χ2v) is 11.0. The van der Waals surface area contributed by atoms with Gasteiger partial charge in [0.1, 0.15) is 9.71 Å². The highest BCUT2D eigenvalue weighted by molar-refractivity contribution is 7.21. The minimum atomic E-state index is -0.302. The number of carbonyl (C=O) groups excluding carboxylic acids is 2. The van der Waals surface area contributed by atoms with Gasteiger partial charge >= 0.3 is 0 Å². The van der Waals surface area contributed by atoms with Crippen LogP contribution < -0.4 is 16.4 Å². The van der Waals surface area contributed by atoms with Crippen molar-refractivity contribution in [1.29, 1.82) is 0 Å². The molecule has 0 aliphatic carbocycles. The molecule has 38 heavy (non-hydrogen) atoms. The van der Waals surface area contributed by atoms with E-state index in [2.05, 4.69) is 10.6 Å². The van der Waals surface area contributed by atoms with Crippen LogP contribution in [0.1, 0.15) is 49.7 Å². The quantitative estimate of drug-likeness (QED) is 0.263. The molecular weight excluding hydrogens is 520 g/mol. The number of halogens is 1. The summed E-state index contributed by atoms with van der Waals surface area (Å²) in [5.41, 5.74) is 12.0. The van der Waals surface area contributed by atoms with E-state index in [9.17, 15) is 9.59 Å². The van der Waals surface area contributed by atoms with Crippen molar-refractivity contribution in [3.05, 3.63) is 74.7 Å². The highest BCUT2D eigenvalue weighted by Crippen LogP contribution is 2.42. The molecule has 9 heteroatoms. The molecular formula is C29H29ClN4O3S. The molecule has 5 rings (SSSR count). The molecule has 196 valence electrons. The van der Waals surface area contributed by atoms with Gasteiger partial charge in [-0.15, -0.1) is 11.3 Å². The number of rotatable bonds is 6. The maximum Gasteiger partial charge on any atom is 0.263 e. The molecule has 0 bridgehead atoms. The van der Waals surface area contributed by atoms with Gasteiger partial charge in [-0.2, -0.15) is 0 Å². The number of carbonyl (C=O) groups is 2. The lowest BCUT2D eigenvalue weighted by molar-refractivity contribution is 0.0861. The molecule has 0 radical (unpaired) electrons. The van der Waals surface area contributed by atoms with Gasteiger partial charge in [0, 0.05) is 34.8 Å². The van der Waals surface area contributed by atoms with Crippen LogP contribution in [0.2, 0.25) is 5.02 Å². The molecule has 0 unspecified atom stereocenters. The Kier molecular flexibility index (Phi) is 7.38. The molecule has 2 aromatic carbocycles. The van der Waals surface area contributed by atoms with Crippen molar-refractivity contribution in [2.45, 2.75) is 39.7 Å². The van der Waals surface area contributed by atoms with E-state index in [1.807, 2.05) is 44.2 Å². The predicted octanol–water partition coefficient (Wildman–Crippen LogP) is 6.29. The van der Waals surface area contributed by atoms with E-state index < -0.39 is 0 Å². The average Bonchev–Trinajstić information content (AvgIpc) is 3.52. The summed E-state index contributed by atoms with van der Waals surface area (Å²) in [6.07, 6.45) is 1.93. The minimum absolute atomic E-state index is 0.0140. The Morgan fingerprint density at radius 3 is 2.58 bits per heavy atom. The molecule has 0 saturated carbocycles. The highest BCUT2D eigenvalue weighted by atomic mass is 35.5. The predicted molar refractivity (Wildman–Crippen MR) is 154 cm³/mol. The second-order valence-electron chi connectivity index (χ2n) is 9.60. The van der Waals surface area contributed by atoms with Crippen LogP contribution in [-0.4, -0.2) is 36.1 Å². The van der Waals surface area contributed by atoms with Crippen LogP contribution in [0.5, 0.6) is 0 Å². The van der Waals surface area contributed by atoms with Crippen molar-refractivity contribution in [3.8, 4) is 11.1 Å². The number of nitrogens with two attached hydrogens (primary N) is 1. The number of amides is 2. The Morgan fingerprint density at radius 1 is 1.13 bits per heavy atom. The van der Waals surface area contributed by atoms with E-state index in [-0.39, 0.29) is 17.9 Å². The lowest BCUT2D eigenvalue weighted by atomic mass is 9.94. The molecule has 4 aromatic rings. The Hall–Kier alpha value is -3.46. The Balaban J connectivity index is 1.61. The van der Waals surface area contributed by atoms with Gasteiger partial charge in [-0.05, 0) is 62.9 Å². The Bertz CT molecular complexity index is 1540. The lowest BCUT2D eigenvalue weighted by Gasteiger charge is -2.16. The van der Waals surface area contributed by atoms with Crippen molar-refractivity contribution >= 4 is 56.3 Å². The van der Waals surface area contributed by atoms with Gasteiger partial charge in [0.15, 0.2) is 0 Å². The molecule has 1 aliphatic heterocycles. The fourth-order valence-electron chi connectivity index (χ4n) is 4.85. The first-order chi connectivity index (χ1) is 18.2. The molecule has 4 N–H and O–H groups in total. The summed E-state index contributed by atoms with van der Waals surface area (Å²) in [5, 5.41) is 7.15. The number of pyridine rings is 1. The maximum absolute atomic E-state index is 13.8. The van der Waals surface area contributed by atoms with Gasteiger partial charge in [0.05, 0.1) is 23.0 Å². The SMILES string of the molecule is Cc1ccc(NC(=O)c2c(C)nc3sc(C(=O)NC[C@H]4CCCO4)c(N)c3c2-c2ccc(Cl)cc2)c(C)c1. The fourth-order valence-corrected chi connectivity index (χ4v) is 6.04. The van der Waals surface area contributed by atoms with Crippen LogP contribution in [0.3, 0.4) is 0 Å². The third-order valence-corrected chi connectivity index (χ3v) is 8.12. The molecule has 1 atom stereocenters. The molecule has 1 saturated heterocycles. The zero-order valence-corrected chi connectivity index (χ0v) is 23.1. The van der Waals surface area contributed by atoms with E-state index in [0.29, 0.717) is 55.8 Å². The van der Waals surface area contributed by atoms with Gasteiger partial charge in [0.25, 0.3) is 11.8 Å². The number of anilines is 2. The Labute approximate surface area is 230 Å². The van der Waals surface area contributed by atoms with Gasteiger partial charge < -0.3 is 21.1 Å². The first-order valence-corrected chi connectivity index (χ1v) is 13.7. The topological polar surface area (TPSA) is 106 Å². The maximum atomic E-state index is 13.8. The number of hydrogen-bond acceptors (Lipinski definition) is 6. The fraction of sp³-hybridized carbons (Fsp3) is 0.276. The van der Waals surface area contributed by atoms with Crippen molar-refractivity contribution < 1.29 is 14.3 Å². The molecule has 1 fully saturated rings. The van der Waals surface area contributed by atoms with Gasteiger partial charge in [-0.3, -0.25) is 9.59 Å². The number of aromatic nitrogens is 1. The van der Waals surface area contributed by atoms with E-state index in [1.165, 1.54) is 11.3 Å². The van der Waals surface area contributed by atoms with Crippen molar-refractivity contribution in [1.82, 2.24) is 10.3 Å². The number of thiophene rings is 1. The number of benzene rings is 2. The first kappa shape index (κ1) is 26.2. The number of ether oxygens (including phenoxy) is 1. The molecule has 2 amide bonds. The summed E-state index contributed by atoms with van der Waals surface area (Å²) in [5.74, 6) is -0.578. The minimum Gasteiger partial charge on any atom is -0.397 e. The van der Waals surface area contributed by atoms with Gasteiger partial charge in [0.2, 0.25) is 0 Å². The molecule has 0 spiro atoms. The molecule has 1 aliphatic rings. The van der Waals surface area contributed by atoms with Crippen molar-refractivity contribution in [3.63, 3.8) is 0 Å². The average molecular weight is 549 g/mol. The summed E-state index contributed by atoms with van der Waals surface area (Å²) in [6.45, 7) is 6.89. The highest BCUT2D eigenvalue weighted by Gasteiger charge is 2.27. The second kappa shape index (κ2) is 10.7. The first-order valence-electron chi connectivity index (χ1n) is 12.5. The Morgan fingerprint density at radius 2 is 1.89 bits per heavy atom. The third-order valence-electron chi connectivity index (χ3n) is 6.77. The zero-order valence-electron chi connectivity index (χ0n) is 21.5. The van der Waals surface area contributed by atoms with E-state index in [4.69, 9.17) is 27.1 Å². The number of aryl methyl sites for hydroxylation is 3. The number of fused-ring (bicyclic) bond motifs is 1. The van der Waals surface area contributed by atoms with Crippen LogP contribution in [0, 0.1) is 20.8 Å². The van der Waals surface area contributed by atoms with Crippen LogP contribution >= 0.6 is 22.9 Å². The van der Waals surface area contributed by atoms with Gasteiger partial charge in [-0.25, -0.2) is 4.98 Å². The van der Waals surface area contributed by atoms with Gasteiger partial charge in [-0.1, -0.05) is 41.4 Å². The monoisotopic (exact) mass is 548 g/mol. The number of nitrogens with zero attached hydrogens (tertiary/aromatic N) is 1. The van der Waals surface area contributed by atoms with Crippen LogP contribution in [0.4, 0.5) is 11.4 Å². The van der Waals surface area contributed by atoms with E-state index >= 15 is 0 Å². The summed E-state index contributed by atoms with van der Waals surface area (Å²) in [6, 6.07) is 13.1. The summed E-state index contributed by atoms with van der Waals surface area (Å²) in [7, 11) is 0. The van der Waals surface area contributed by atoms with Crippen molar-refractivity contribution in [2.24, 2.45) is 0 Å². The van der Waals surface area contributed by atoms with E-state index in [0.717, 1.165) is 35.2 Å². The molecule has 7 nitrogen and oxygen atoms in total. The summed E-state index contributed by atoms with van der Waals surface area (Å²) < 4.78 is 5.63. The largest absolute Gasteiger partial charge is 0.397 e. The molecule has 2 aromatic heterocycles. The summed E-state index contributed by atoms with van der Waals surface area (Å²) in [4.78, 5) is 32.6. The number of nitrogen functional groups attached to an aromatic ring is 1. The zero-order chi connectivity index (χ0) is 27.0. The standard InChI is InChI=1S/C29H29ClN4O3S/c1-15-6-11-21(16(2)13-15)34-27(35)22-17(3)33-29-24(23(22)18-7-9-19(30)10-8-18)25(31)26(38-29)28(36)32-14-20-5-4-12-37-20/h6-11,13,20H,4-5,12,14,31H2,1-3H3,(H,32,36)(H,34,35)/t20-/m1/s1. The van der Waals surface area contributed by atoms with Crippen LogP contribution in [-0.2, 0) is 4.74 Å². The number of hydrogen-bond donors (Lipinski definition) is 3. The lowest BCUT2D eigenvalue weighted by Crippen LogP contribution is -2.31. The van der Waals surface area contributed by atoms with Crippen LogP contribution in [0.15, 0.2) is 42.5 Å². The normalized spacial score (nSPS) is 15.1. The number of nitrogens with one attached hydrogen (secondary N) is 2. The smallest absolute Gasteiger partial charge is 0.263 e. The van der Waals surface area contributed by atoms with Crippen molar-refractivity contribution in [2.75, 3.05) is 24.2 Å². The third kappa shape index (κ3) is 5.12. The summed E-state index contributed by atoms with van der Waals surface area (Å²) >= 11 is 7.40. The molecule has 3 heterocycles. The van der Waals surface area contributed by atoms with E-state index in [1.54, 1.807) is 19.1 Å².